The maximum atomic E-state index is 7.20. The van der Waals surface area contributed by atoms with Gasteiger partial charge in [0.1, 0.15) is 5.58 Å². The number of benzene rings is 9. The molecule has 0 bridgehead atoms. The van der Waals surface area contributed by atoms with Gasteiger partial charge in [0.2, 0.25) is 0 Å². The van der Waals surface area contributed by atoms with Crippen LogP contribution in [0.15, 0.2) is 205 Å². The van der Waals surface area contributed by atoms with Crippen molar-refractivity contribution in [3.8, 4) is 33.4 Å². The van der Waals surface area contributed by atoms with Crippen molar-refractivity contribution in [1.82, 2.24) is 0 Å². The van der Waals surface area contributed by atoms with Gasteiger partial charge in [-0.15, -0.1) is 11.3 Å². The van der Waals surface area contributed by atoms with Gasteiger partial charge in [0.25, 0.3) is 0 Å². The molecule has 0 radical (unpaired) electrons. The van der Waals surface area contributed by atoms with Crippen molar-refractivity contribution >= 4 is 81.3 Å². The first-order valence-electron chi connectivity index (χ1n) is 18.7. The Balaban J connectivity index is 1.22. The Labute approximate surface area is 322 Å². The molecule has 11 aromatic rings. The molecule has 0 aliphatic rings. The minimum Gasteiger partial charge on any atom is -0.453 e. The zero-order chi connectivity index (χ0) is 36.3. The van der Waals surface area contributed by atoms with Gasteiger partial charge in [-0.2, -0.15) is 0 Å². The van der Waals surface area contributed by atoms with Crippen molar-refractivity contribution in [2.45, 2.75) is 0 Å². The summed E-state index contributed by atoms with van der Waals surface area (Å²) in [6.07, 6.45) is 0. The van der Waals surface area contributed by atoms with Crippen LogP contribution in [-0.2, 0) is 0 Å². The number of para-hydroxylation sites is 2. The van der Waals surface area contributed by atoms with Gasteiger partial charge < -0.3 is 9.32 Å². The second-order valence-electron chi connectivity index (χ2n) is 14.1. The van der Waals surface area contributed by atoms with Gasteiger partial charge in [0.15, 0.2) is 5.58 Å². The highest BCUT2D eigenvalue weighted by Gasteiger charge is 2.24. The standard InChI is InChI=1S/C52H33NOS/c1-3-15-34(16-4-1)37-31-38(35-17-5-2-6-18-35)33-39(32-37)53(48-29-14-27-46-42-22-9-10-30-49(42)55-52(46)48)47-28-13-26-45-44-25-12-24-43(50(44)54-51(45)47)41-23-11-20-36-19-7-8-21-40(36)41/h1-33H. The molecule has 0 spiro atoms. The molecule has 0 unspecified atom stereocenters. The fraction of sp³-hybridized carbons (Fsp3) is 0. The molecule has 2 aromatic heterocycles. The van der Waals surface area contributed by atoms with Crippen LogP contribution in [0.1, 0.15) is 0 Å². The van der Waals surface area contributed by atoms with Crippen LogP contribution in [0.2, 0.25) is 0 Å². The molecule has 9 aromatic carbocycles. The van der Waals surface area contributed by atoms with E-state index in [9.17, 15) is 0 Å². The summed E-state index contributed by atoms with van der Waals surface area (Å²) >= 11 is 1.85. The number of furan rings is 1. The van der Waals surface area contributed by atoms with E-state index in [-0.39, 0.29) is 0 Å². The molecule has 0 atom stereocenters. The summed E-state index contributed by atoms with van der Waals surface area (Å²) in [7, 11) is 0. The van der Waals surface area contributed by atoms with Gasteiger partial charge in [-0.3, -0.25) is 0 Å². The first-order valence-corrected chi connectivity index (χ1v) is 19.5. The number of hydrogen-bond acceptors (Lipinski definition) is 3. The minimum absolute atomic E-state index is 0.856. The summed E-state index contributed by atoms with van der Waals surface area (Å²) in [6, 6.07) is 72.1. The van der Waals surface area contributed by atoms with E-state index >= 15 is 0 Å². The van der Waals surface area contributed by atoms with E-state index in [4.69, 9.17) is 4.42 Å². The molecule has 0 saturated carbocycles. The normalized spacial score (nSPS) is 11.6. The quantitative estimate of drug-likeness (QED) is 0.170. The summed E-state index contributed by atoms with van der Waals surface area (Å²) in [6.45, 7) is 0. The van der Waals surface area contributed by atoms with E-state index in [0.717, 1.165) is 55.7 Å². The summed E-state index contributed by atoms with van der Waals surface area (Å²) in [5.41, 5.74) is 11.8. The highest BCUT2D eigenvalue weighted by Crippen LogP contribution is 2.49. The molecule has 0 amide bonds. The molecule has 0 N–H and O–H groups in total. The van der Waals surface area contributed by atoms with Gasteiger partial charge in [-0.1, -0.05) is 164 Å². The molecule has 3 heteroatoms. The molecule has 0 aliphatic heterocycles. The average Bonchev–Trinajstić information content (AvgIpc) is 3.84. The van der Waals surface area contributed by atoms with Crippen LogP contribution in [0.25, 0.3) is 86.3 Å². The van der Waals surface area contributed by atoms with E-state index in [2.05, 4.69) is 205 Å². The molecule has 0 saturated heterocycles. The zero-order valence-electron chi connectivity index (χ0n) is 29.8. The highest BCUT2D eigenvalue weighted by atomic mass is 32.1. The van der Waals surface area contributed by atoms with Crippen LogP contribution in [0.3, 0.4) is 0 Å². The molecule has 258 valence electrons. The van der Waals surface area contributed by atoms with Gasteiger partial charge in [0.05, 0.1) is 16.1 Å². The Morgan fingerprint density at radius 2 is 0.909 bits per heavy atom. The summed E-state index contributed by atoms with van der Waals surface area (Å²) in [5, 5.41) is 7.14. The van der Waals surface area contributed by atoms with Crippen LogP contribution >= 0.6 is 11.3 Å². The second kappa shape index (κ2) is 12.9. The summed E-state index contributed by atoms with van der Waals surface area (Å²) in [4.78, 5) is 2.43. The molecule has 11 rings (SSSR count). The molecule has 2 nitrogen and oxygen atoms in total. The number of fused-ring (bicyclic) bond motifs is 7. The Morgan fingerprint density at radius 3 is 1.67 bits per heavy atom. The Morgan fingerprint density at radius 1 is 0.364 bits per heavy atom. The van der Waals surface area contributed by atoms with Gasteiger partial charge in [0, 0.05) is 37.5 Å². The Kier molecular flexibility index (Phi) is 7.39. The number of anilines is 3. The SMILES string of the molecule is c1ccc(-c2cc(-c3ccccc3)cc(N(c3cccc4c3oc3c(-c5cccc6ccccc56)cccc34)c3cccc4c3sc3ccccc34)c2)cc1. The average molecular weight is 720 g/mol. The van der Waals surface area contributed by atoms with E-state index in [1.165, 1.54) is 47.6 Å². The van der Waals surface area contributed by atoms with Crippen LogP contribution in [0.4, 0.5) is 17.1 Å². The summed E-state index contributed by atoms with van der Waals surface area (Å²) < 4.78 is 9.71. The molecular weight excluding hydrogens is 687 g/mol. The van der Waals surface area contributed by atoms with Crippen molar-refractivity contribution in [2.24, 2.45) is 0 Å². The first kappa shape index (κ1) is 31.6. The van der Waals surface area contributed by atoms with Gasteiger partial charge >= 0.3 is 0 Å². The van der Waals surface area contributed by atoms with E-state index < -0.39 is 0 Å². The molecular formula is C52H33NOS. The zero-order valence-corrected chi connectivity index (χ0v) is 30.6. The lowest BCUT2D eigenvalue weighted by Gasteiger charge is -2.27. The predicted molar refractivity (Wildman–Crippen MR) is 235 cm³/mol. The third-order valence-corrected chi connectivity index (χ3v) is 12.0. The highest BCUT2D eigenvalue weighted by molar-refractivity contribution is 7.26. The topological polar surface area (TPSA) is 16.4 Å². The van der Waals surface area contributed by atoms with Crippen molar-refractivity contribution in [3.05, 3.63) is 200 Å². The second-order valence-corrected chi connectivity index (χ2v) is 15.1. The summed E-state index contributed by atoms with van der Waals surface area (Å²) in [5.74, 6) is 0. The molecule has 2 heterocycles. The van der Waals surface area contributed by atoms with Crippen LogP contribution in [-0.4, -0.2) is 0 Å². The van der Waals surface area contributed by atoms with Crippen molar-refractivity contribution in [3.63, 3.8) is 0 Å². The fourth-order valence-corrected chi connectivity index (χ4v) is 9.51. The largest absolute Gasteiger partial charge is 0.453 e. The monoisotopic (exact) mass is 719 g/mol. The van der Waals surface area contributed by atoms with Crippen LogP contribution < -0.4 is 4.90 Å². The molecule has 0 aliphatic carbocycles. The van der Waals surface area contributed by atoms with Crippen molar-refractivity contribution < 1.29 is 4.42 Å². The number of nitrogens with zero attached hydrogens (tertiary/aromatic N) is 1. The lowest BCUT2D eigenvalue weighted by molar-refractivity contribution is 0.670. The number of thiophene rings is 1. The maximum absolute atomic E-state index is 7.20. The molecule has 55 heavy (non-hydrogen) atoms. The van der Waals surface area contributed by atoms with Gasteiger partial charge in [-0.05, 0) is 75.0 Å². The lowest BCUT2D eigenvalue weighted by atomic mass is 9.96. The van der Waals surface area contributed by atoms with E-state index in [1.54, 1.807) is 0 Å². The predicted octanol–water partition coefficient (Wildman–Crippen LogP) is 15.6. The van der Waals surface area contributed by atoms with E-state index in [1.807, 2.05) is 11.3 Å². The van der Waals surface area contributed by atoms with E-state index in [0.29, 0.717) is 0 Å². The maximum Gasteiger partial charge on any atom is 0.159 e. The molecule has 0 fully saturated rings. The third kappa shape index (κ3) is 5.24. The van der Waals surface area contributed by atoms with Crippen LogP contribution in [0.5, 0.6) is 0 Å². The van der Waals surface area contributed by atoms with Crippen molar-refractivity contribution in [1.29, 1.82) is 0 Å². The van der Waals surface area contributed by atoms with Crippen molar-refractivity contribution in [2.75, 3.05) is 4.90 Å². The third-order valence-electron chi connectivity index (χ3n) is 10.8. The Hall–Kier alpha value is -6.94. The fourth-order valence-electron chi connectivity index (χ4n) is 8.30. The smallest absolute Gasteiger partial charge is 0.159 e. The Bertz CT molecular complexity index is 3150. The lowest BCUT2D eigenvalue weighted by Crippen LogP contribution is -2.11. The van der Waals surface area contributed by atoms with Crippen LogP contribution in [0, 0.1) is 0 Å². The number of rotatable bonds is 6. The van der Waals surface area contributed by atoms with Gasteiger partial charge in [-0.25, -0.2) is 0 Å². The first-order chi connectivity index (χ1) is 27.3. The minimum atomic E-state index is 0.856. The number of hydrogen-bond donors (Lipinski definition) is 0.